The fraction of sp³-hybridized carbons (Fsp3) is 0.353. The van der Waals surface area contributed by atoms with Gasteiger partial charge in [0.05, 0.1) is 0 Å². The van der Waals surface area contributed by atoms with Gasteiger partial charge in [0.1, 0.15) is 5.82 Å². The quantitative estimate of drug-likeness (QED) is 0.830. The zero-order valence-corrected chi connectivity index (χ0v) is 11.6. The van der Waals surface area contributed by atoms with E-state index in [1.807, 2.05) is 19.2 Å². The normalized spacial score (nSPS) is 15.1. The summed E-state index contributed by atoms with van der Waals surface area (Å²) in [6.07, 6.45) is 3.69. The van der Waals surface area contributed by atoms with E-state index in [0.29, 0.717) is 22.3 Å². The lowest BCUT2D eigenvalue weighted by Gasteiger charge is -2.30. The van der Waals surface area contributed by atoms with Gasteiger partial charge in [-0.3, -0.25) is 4.79 Å². The van der Waals surface area contributed by atoms with Gasteiger partial charge in [-0.2, -0.15) is 0 Å². The van der Waals surface area contributed by atoms with Crippen molar-refractivity contribution in [3.63, 3.8) is 0 Å². The molecule has 2 nitrogen and oxygen atoms in total. The van der Waals surface area contributed by atoms with E-state index in [0.717, 1.165) is 6.54 Å². The van der Waals surface area contributed by atoms with Crippen molar-refractivity contribution in [2.75, 3.05) is 13.6 Å². The first-order valence-electron chi connectivity index (χ1n) is 7.09. The van der Waals surface area contributed by atoms with Crippen molar-refractivity contribution < 1.29 is 9.18 Å². The molecule has 1 aliphatic carbocycles. The number of hydrogen-bond acceptors (Lipinski definition) is 1. The molecule has 0 radical (unpaired) electrons. The Kier molecular flexibility index (Phi) is 3.43. The third-order valence-electron chi connectivity index (χ3n) is 4.20. The van der Waals surface area contributed by atoms with E-state index in [1.165, 1.54) is 25.3 Å². The summed E-state index contributed by atoms with van der Waals surface area (Å²) >= 11 is 0. The highest BCUT2D eigenvalue weighted by atomic mass is 19.1. The fourth-order valence-electron chi connectivity index (χ4n) is 2.80. The highest BCUT2D eigenvalue weighted by Crippen LogP contribution is 2.28. The molecule has 20 heavy (non-hydrogen) atoms. The van der Waals surface area contributed by atoms with E-state index in [1.54, 1.807) is 23.1 Å². The van der Waals surface area contributed by atoms with E-state index in [4.69, 9.17) is 0 Å². The SMILES string of the molecule is CN(CC1CCC1)C(=O)c1ccc(F)c2ccccc12. The molecule has 2 aromatic rings. The smallest absolute Gasteiger partial charge is 0.254 e. The summed E-state index contributed by atoms with van der Waals surface area (Å²) in [6.45, 7) is 0.796. The number of amides is 1. The average Bonchev–Trinajstić information content (AvgIpc) is 2.43. The van der Waals surface area contributed by atoms with Gasteiger partial charge in [-0.25, -0.2) is 4.39 Å². The van der Waals surface area contributed by atoms with Crippen molar-refractivity contribution in [3.8, 4) is 0 Å². The number of hydrogen-bond donors (Lipinski definition) is 0. The van der Waals surface area contributed by atoms with Crippen molar-refractivity contribution >= 4 is 16.7 Å². The second-order valence-corrected chi connectivity index (χ2v) is 5.62. The molecule has 1 saturated carbocycles. The minimum Gasteiger partial charge on any atom is -0.341 e. The van der Waals surface area contributed by atoms with Crippen LogP contribution in [0.2, 0.25) is 0 Å². The molecule has 1 amide bonds. The molecule has 0 aliphatic heterocycles. The highest BCUT2D eigenvalue weighted by Gasteiger charge is 2.23. The third kappa shape index (κ3) is 2.28. The maximum Gasteiger partial charge on any atom is 0.254 e. The highest BCUT2D eigenvalue weighted by molar-refractivity contribution is 6.07. The second-order valence-electron chi connectivity index (χ2n) is 5.62. The van der Waals surface area contributed by atoms with Crippen LogP contribution in [0, 0.1) is 11.7 Å². The van der Waals surface area contributed by atoms with Gasteiger partial charge >= 0.3 is 0 Å². The zero-order valence-electron chi connectivity index (χ0n) is 11.6. The topological polar surface area (TPSA) is 20.3 Å². The Hall–Kier alpha value is -1.90. The first-order valence-corrected chi connectivity index (χ1v) is 7.09. The van der Waals surface area contributed by atoms with E-state index < -0.39 is 0 Å². The molecule has 0 spiro atoms. The Morgan fingerprint density at radius 3 is 2.55 bits per heavy atom. The van der Waals surface area contributed by atoms with Crippen LogP contribution in [-0.2, 0) is 0 Å². The Labute approximate surface area is 118 Å². The number of carbonyl (C=O) groups is 1. The lowest BCUT2D eigenvalue weighted by Crippen LogP contribution is -2.34. The van der Waals surface area contributed by atoms with Gasteiger partial charge in [0, 0.05) is 24.5 Å². The standard InChI is InChI=1S/C17H18FNO/c1-19(11-12-5-4-6-12)17(20)15-9-10-16(18)14-8-3-2-7-13(14)15/h2-3,7-10,12H,4-6,11H2,1H3. The number of rotatable bonds is 3. The first-order chi connectivity index (χ1) is 9.66. The Morgan fingerprint density at radius 1 is 1.20 bits per heavy atom. The lowest BCUT2D eigenvalue weighted by atomic mass is 9.85. The molecule has 0 heterocycles. The summed E-state index contributed by atoms with van der Waals surface area (Å²) in [5.74, 6) is 0.336. The van der Waals surface area contributed by atoms with Crippen molar-refractivity contribution in [1.82, 2.24) is 4.90 Å². The summed E-state index contributed by atoms with van der Waals surface area (Å²) in [7, 11) is 1.83. The maximum atomic E-state index is 13.8. The van der Waals surface area contributed by atoms with Crippen molar-refractivity contribution in [3.05, 3.63) is 47.8 Å². The van der Waals surface area contributed by atoms with Gasteiger partial charge < -0.3 is 4.90 Å². The largest absolute Gasteiger partial charge is 0.341 e. The van der Waals surface area contributed by atoms with Gasteiger partial charge in [0.25, 0.3) is 5.91 Å². The fourth-order valence-corrected chi connectivity index (χ4v) is 2.80. The molecule has 0 atom stereocenters. The van der Waals surface area contributed by atoms with Crippen LogP contribution < -0.4 is 0 Å². The molecule has 1 fully saturated rings. The summed E-state index contributed by atoms with van der Waals surface area (Å²) in [6, 6.07) is 10.1. The molecule has 1 aliphatic rings. The van der Waals surface area contributed by atoms with Crippen LogP contribution in [0.25, 0.3) is 10.8 Å². The molecule has 0 N–H and O–H groups in total. The van der Waals surface area contributed by atoms with Crippen LogP contribution in [0.5, 0.6) is 0 Å². The van der Waals surface area contributed by atoms with Crippen LogP contribution in [0.3, 0.4) is 0 Å². The molecule has 0 unspecified atom stereocenters. The van der Waals surface area contributed by atoms with Gasteiger partial charge in [0.2, 0.25) is 0 Å². The predicted octanol–water partition coefficient (Wildman–Crippen LogP) is 3.85. The molecule has 3 heteroatoms. The molecule has 0 bridgehead atoms. The van der Waals surface area contributed by atoms with Crippen LogP contribution in [0.4, 0.5) is 4.39 Å². The molecular formula is C17H18FNO. The third-order valence-corrected chi connectivity index (χ3v) is 4.20. The van der Waals surface area contributed by atoms with Gasteiger partial charge in [0.15, 0.2) is 0 Å². The minimum atomic E-state index is -0.279. The Morgan fingerprint density at radius 2 is 1.90 bits per heavy atom. The predicted molar refractivity (Wildman–Crippen MR) is 78.2 cm³/mol. The average molecular weight is 271 g/mol. The summed E-state index contributed by atoms with van der Waals surface area (Å²) < 4.78 is 13.8. The summed E-state index contributed by atoms with van der Waals surface area (Å²) in [5, 5.41) is 1.20. The van der Waals surface area contributed by atoms with E-state index >= 15 is 0 Å². The Balaban J connectivity index is 1.92. The van der Waals surface area contributed by atoms with Gasteiger partial charge in [-0.05, 0) is 36.3 Å². The number of benzene rings is 2. The zero-order chi connectivity index (χ0) is 14.1. The molecule has 104 valence electrons. The number of fused-ring (bicyclic) bond motifs is 1. The molecular weight excluding hydrogens is 253 g/mol. The van der Waals surface area contributed by atoms with Crippen LogP contribution in [0.15, 0.2) is 36.4 Å². The van der Waals surface area contributed by atoms with Gasteiger partial charge in [-0.1, -0.05) is 30.7 Å². The van der Waals surface area contributed by atoms with Crippen molar-refractivity contribution in [2.24, 2.45) is 5.92 Å². The van der Waals surface area contributed by atoms with Crippen LogP contribution >= 0.6 is 0 Å². The monoisotopic (exact) mass is 271 g/mol. The van der Waals surface area contributed by atoms with E-state index in [9.17, 15) is 9.18 Å². The van der Waals surface area contributed by atoms with E-state index in [-0.39, 0.29) is 11.7 Å². The van der Waals surface area contributed by atoms with Crippen molar-refractivity contribution in [1.29, 1.82) is 0 Å². The molecule has 3 rings (SSSR count). The minimum absolute atomic E-state index is 0.0203. The number of carbonyl (C=O) groups excluding carboxylic acids is 1. The molecule has 0 aromatic heterocycles. The molecule has 2 aromatic carbocycles. The summed E-state index contributed by atoms with van der Waals surface area (Å²) in [4.78, 5) is 14.3. The Bertz CT molecular complexity index is 648. The number of nitrogens with zero attached hydrogens (tertiary/aromatic N) is 1. The van der Waals surface area contributed by atoms with E-state index in [2.05, 4.69) is 0 Å². The lowest BCUT2D eigenvalue weighted by molar-refractivity contribution is 0.0747. The number of halogens is 1. The van der Waals surface area contributed by atoms with Crippen LogP contribution in [-0.4, -0.2) is 24.4 Å². The van der Waals surface area contributed by atoms with Crippen LogP contribution in [0.1, 0.15) is 29.6 Å². The first kappa shape index (κ1) is 13.1. The maximum absolute atomic E-state index is 13.8. The van der Waals surface area contributed by atoms with Crippen molar-refractivity contribution in [2.45, 2.75) is 19.3 Å². The molecule has 0 saturated heterocycles. The summed E-state index contributed by atoms with van der Waals surface area (Å²) in [5.41, 5.74) is 0.587. The second kappa shape index (κ2) is 5.23. The van der Waals surface area contributed by atoms with Gasteiger partial charge in [-0.15, -0.1) is 0 Å².